The normalized spacial score (nSPS) is 16.5. The van der Waals surface area contributed by atoms with E-state index in [0.717, 1.165) is 23.3 Å². The Morgan fingerprint density at radius 2 is 2.32 bits per heavy atom. The van der Waals surface area contributed by atoms with Gasteiger partial charge in [0.25, 0.3) is 0 Å². The Hall–Kier alpha value is -1.86. The number of amides is 1. The number of amidine groups is 1. The van der Waals surface area contributed by atoms with E-state index in [9.17, 15) is 4.79 Å². The average Bonchev–Trinajstić information content (AvgIpc) is 2.92. The van der Waals surface area contributed by atoms with Crippen LogP contribution in [0.3, 0.4) is 0 Å². The van der Waals surface area contributed by atoms with Gasteiger partial charge in [0.15, 0.2) is 5.17 Å². The Balaban J connectivity index is 2.07. The maximum Gasteiger partial charge on any atom is 0.236 e. The van der Waals surface area contributed by atoms with E-state index >= 15 is 0 Å². The summed E-state index contributed by atoms with van der Waals surface area (Å²) < 4.78 is 10.9. The summed E-state index contributed by atoms with van der Waals surface area (Å²) in [6.07, 6.45) is 2.59. The number of hydrogen-bond acceptors (Lipinski definition) is 6. The molecular weight excluding hydrogens is 302 g/mol. The summed E-state index contributed by atoms with van der Waals surface area (Å²) in [6.45, 7) is 3.21. The first-order chi connectivity index (χ1) is 10.7. The van der Waals surface area contributed by atoms with Crippen molar-refractivity contribution >= 4 is 29.1 Å². The largest absolute Gasteiger partial charge is 0.493 e. The fraction of sp³-hybridized carbons (Fsp3) is 0.400. The van der Waals surface area contributed by atoms with Crippen LogP contribution in [-0.4, -0.2) is 36.8 Å². The van der Waals surface area contributed by atoms with E-state index in [1.54, 1.807) is 13.3 Å². The van der Waals surface area contributed by atoms with Crippen LogP contribution in [0.4, 0.5) is 0 Å². The minimum absolute atomic E-state index is 0.0428. The average molecular weight is 321 g/mol. The predicted molar refractivity (Wildman–Crippen MR) is 88.6 cm³/mol. The third-order valence-corrected chi connectivity index (χ3v) is 3.65. The predicted octanol–water partition coefficient (Wildman–Crippen LogP) is 2.17. The van der Waals surface area contributed by atoms with Crippen LogP contribution in [0.1, 0.15) is 24.5 Å². The number of benzene rings is 1. The first-order valence-electron chi connectivity index (χ1n) is 7.01. The van der Waals surface area contributed by atoms with Crippen molar-refractivity contribution in [2.75, 3.05) is 19.5 Å². The van der Waals surface area contributed by atoms with Crippen LogP contribution >= 0.6 is 11.8 Å². The molecule has 1 fully saturated rings. The highest BCUT2D eigenvalue weighted by molar-refractivity contribution is 8.15. The number of ether oxygens (including phenoxy) is 2. The lowest BCUT2D eigenvalue weighted by atomic mass is 10.1. The zero-order chi connectivity index (χ0) is 15.8. The molecule has 1 aliphatic rings. The van der Waals surface area contributed by atoms with E-state index < -0.39 is 0 Å². The standard InChI is InChI=1S/C15H19N3O3S/c1-3-6-21-13-5-4-11(7-12(13)9-20-2)8-16-18-15-17-14(19)10-22-15/h4-5,7-8H,3,6,9-10H2,1-2H3,(H,17,18,19). The van der Waals surface area contributed by atoms with Crippen LogP contribution in [0.25, 0.3) is 0 Å². The summed E-state index contributed by atoms with van der Waals surface area (Å²) in [5.41, 5.74) is 1.87. The Bertz CT molecular complexity index is 587. The van der Waals surface area contributed by atoms with Crippen molar-refractivity contribution in [1.82, 2.24) is 5.32 Å². The molecule has 118 valence electrons. The molecule has 1 aliphatic heterocycles. The molecule has 0 aliphatic carbocycles. The smallest absolute Gasteiger partial charge is 0.236 e. The highest BCUT2D eigenvalue weighted by Crippen LogP contribution is 2.21. The van der Waals surface area contributed by atoms with Crippen LogP contribution in [0.15, 0.2) is 28.4 Å². The summed E-state index contributed by atoms with van der Waals surface area (Å²) in [7, 11) is 1.65. The van der Waals surface area contributed by atoms with Crippen LogP contribution in [0.2, 0.25) is 0 Å². The van der Waals surface area contributed by atoms with E-state index in [1.165, 1.54) is 11.8 Å². The zero-order valence-corrected chi connectivity index (χ0v) is 13.5. The lowest BCUT2D eigenvalue weighted by Gasteiger charge is -2.11. The lowest BCUT2D eigenvalue weighted by Crippen LogP contribution is -2.19. The second-order valence-electron chi connectivity index (χ2n) is 4.64. The van der Waals surface area contributed by atoms with Gasteiger partial charge < -0.3 is 14.8 Å². The van der Waals surface area contributed by atoms with Gasteiger partial charge in [-0.05, 0) is 30.2 Å². The minimum Gasteiger partial charge on any atom is -0.493 e. The van der Waals surface area contributed by atoms with Crippen molar-refractivity contribution < 1.29 is 14.3 Å². The molecule has 0 radical (unpaired) electrons. The van der Waals surface area contributed by atoms with Crippen molar-refractivity contribution in [1.29, 1.82) is 0 Å². The number of rotatable bonds is 7. The summed E-state index contributed by atoms with van der Waals surface area (Å²) in [5.74, 6) is 1.18. The Kier molecular flexibility index (Phi) is 6.42. The maximum absolute atomic E-state index is 11.0. The van der Waals surface area contributed by atoms with E-state index in [2.05, 4.69) is 22.4 Å². The Labute approximate surface area is 134 Å². The number of carbonyl (C=O) groups excluding carboxylic acids is 1. The Morgan fingerprint density at radius 3 is 3.00 bits per heavy atom. The van der Waals surface area contributed by atoms with Crippen LogP contribution in [0.5, 0.6) is 5.75 Å². The fourth-order valence-electron chi connectivity index (χ4n) is 1.83. The third kappa shape index (κ3) is 4.85. The van der Waals surface area contributed by atoms with Gasteiger partial charge in [0.2, 0.25) is 5.91 Å². The molecule has 0 atom stereocenters. The number of nitrogens with one attached hydrogen (secondary N) is 1. The van der Waals surface area contributed by atoms with Gasteiger partial charge in [0, 0.05) is 12.7 Å². The Morgan fingerprint density at radius 1 is 1.45 bits per heavy atom. The molecule has 7 heteroatoms. The molecule has 0 unspecified atom stereocenters. The number of methoxy groups -OCH3 is 1. The van der Waals surface area contributed by atoms with E-state index in [-0.39, 0.29) is 5.91 Å². The van der Waals surface area contributed by atoms with Gasteiger partial charge in [-0.1, -0.05) is 18.7 Å². The van der Waals surface area contributed by atoms with Crippen molar-refractivity contribution in [3.8, 4) is 5.75 Å². The molecule has 1 N–H and O–H groups in total. The quantitative estimate of drug-likeness (QED) is 0.617. The zero-order valence-electron chi connectivity index (χ0n) is 12.7. The van der Waals surface area contributed by atoms with Crippen LogP contribution < -0.4 is 10.1 Å². The number of carbonyl (C=O) groups is 1. The fourth-order valence-corrected chi connectivity index (χ4v) is 2.46. The summed E-state index contributed by atoms with van der Waals surface area (Å²) >= 11 is 1.34. The molecule has 6 nitrogen and oxygen atoms in total. The van der Waals surface area contributed by atoms with Gasteiger partial charge in [-0.3, -0.25) is 4.79 Å². The molecule has 0 spiro atoms. The topological polar surface area (TPSA) is 72.3 Å². The molecule has 1 aromatic carbocycles. The third-order valence-electron chi connectivity index (χ3n) is 2.79. The molecule has 0 aromatic heterocycles. The second-order valence-corrected chi connectivity index (χ2v) is 5.60. The van der Waals surface area contributed by atoms with Crippen LogP contribution in [0, 0.1) is 0 Å². The molecule has 2 rings (SSSR count). The van der Waals surface area contributed by atoms with Gasteiger partial charge >= 0.3 is 0 Å². The molecule has 1 heterocycles. The molecule has 22 heavy (non-hydrogen) atoms. The van der Waals surface area contributed by atoms with Gasteiger partial charge in [-0.15, -0.1) is 5.10 Å². The first kappa shape index (κ1) is 16.5. The van der Waals surface area contributed by atoms with Crippen molar-refractivity contribution in [3.63, 3.8) is 0 Å². The number of hydrogen-bond donors (Lipinski definition) is 1. The highest BCUT2D eigenvalue weighted by atomic mass is 32.2. The monoisotopic (exact) mass is 321 g/mol. The molecule has 0 bridgehead atoms. The van der Waals surface area contributed by atoms with E-state index in [4.69, 9.17) is 9.47 Å². The SMILES string of the molecule is CCCOc1ccc(C=NN=C2NC(=O)CS2)cc1COC. The van der Waals surface area contributed by atoms with E-state index in [1.807, 2.05) is 18.2 Å². The van der Waals surface area contributed by atoms with Gasteiger partial charge in [-0.25, -0.2) is 0 Å². The molecule has 1 amide bonds. The molecule has 1 aromatic rings. The second kappa shape index (κ2) is 8.55. The summed E-state index contributed by atoms with van der Waals surface area (Å²) in [5, 5.41) is 11.1. The lowest BCUT2D eigenvalue weighted by molar-refractivity contribution is -0.116. The van der Waals surface area contributed by atoms with Gasteiger partial charge in [-0.2, -0.15) is 5.10 Å². The minimum atomic E-state index is -0.0428. The van der Waals surface area contributed by atoms with Crippen LogP contribution in [-0.2, 0) is 16.1 Å². The highest BCUT2D eigenvalue weighted by Gasteiger charge is 2.15. The molecule has 0 saturated carbocycles. The molecule has 1 saturated heterocycles. The summed E-state index contributed by atoms with van der Waals surface area (Å²) in [4.78, 5) is 11.0. The van der Waals surface area contributed by atoms with Crippen molar-refractivity contribution in [2.24, 2.45) is 10.2 Å². The van der Waals surface area contributed by atoms with Crippen molar-refractivity contribution in [3.05, 3.63) is 29.3 Å². The maximum atomic E-state index is 11.0. The van der Waals surface area contributed by atoms with Gasteiger partial charge in [0.05, 0.1) is 25.2 Å². The molecular formula is C15H19N3O3S. The first-order valence-corrected chi connectivity index (χ1v) is 7.99. The number of nitrogens with zero attached hydrogens (tertiary/aromatic N) is 2. The summed E-state index contributed by atoms with van der Waals surface area (Å²) in [6, 6.07) is 5.78. The van der Waals surface area contributed by atoms with E-state index in [0.29, 0.717) is 24.1 Å². The van der Waals surface area contributed by atoms with Crippen molar-refractivity contribution in [2.45, 2.75) is 20.0 Å². The number of thioether (sulfide) groups is 1. The van der Waals surface area contributed by atoms with Gasteiger partial charge in [0.1, 0.15) is 5.75 Å².